The lowest BCUT2D eigenvalue weighted by molar-refractivity contribution is -0.234. The highest BCUT2D eigenvalue weighted by atomic mass is 16.6. The van der Waals surface area contributed by atoms with Gasteiger partial charge in [0.1, 0.15) is 42.9 Å². The van der Waals surface area contributed by atoms with Gasteiger partial charge in [-0.2, -0.15) is 0 Å². The summed E-state index contributed by atoms with van der Waals surface area (Å²) in [7, 11) is 0. The van der Waals surface area contributed by atoms with Crippen LogP contribution < -0.4 is 10.1 Å². The fourth-order valence-electron chi connectivity index (χ4n) is 4.06. The highest BCUT2D eigenvalue weighted by molar-refractivity contribution is 5.75. The number of rotatable bonds is 17. The molecule has 0 aliphatic carbocycles. The number of amides is 1. The van der Waals surface area contributed by atoms with Gasteiger partial charge in [-0.05, 0) is 12.5 Å². The Kier molecular flexibility index (Phi) is 13.5. The zero-order valence-corrected chi connectivity index (χ0v) is 20.4. The SMILES string of the molecule is CCCCCCCCCCCCC(=O)NCc1ccc(OC[C@H]2O[C@H](CO)[C@@H](O)[C@H](O)[C@H]2O)o1. The van der Waals surface area contributed by atoms with Crippen molar-refractivity contribution in [1.29, 1.82) is 0 Å². The van der Waals surface area contributed by atoms with Crippen LogP contribution in [-0.2, 0) is 16.1 Å². The van der Waals surface area contributed by atoms with Crippen molar-refractivity contribution in [2.75, 3.05) is 13.2 Å². The monoisotopic (exact) mass is 485 g/mol. The molecule has 2 heterocycles. The van der Waals surface area contributed by atoms with Gasteiger partial charge in [0.05, 0.1) is 13.2 Å². The fourth-order valence-corrected chi connectivity index (χ4v) is 4.06. The molecule has 1 fully saturated rings. The minimum atomic E-state index is -1.45. The van der Waals surface area contributed by atoms with Gasteiger partial charge in [-0.1, -0.05) is 64.7 Å². The van der Waals surface area contributed by atoms with Crippen LogP contribution in [0.4, 0.5) is 0 Å². The summed E-state index contributed by atoms with van der Waals surface area (Å²) in [6, 6.07) is 3.27. The van der Waals surface area contributed by atoms with E-state index in [-0.39, 0.29) is 25.0 Å². The number of unbranched alkanes of at least 4 members (excludes halogenated alkanes) is 9. The van der Waals surface area contributed by atoms with Crippen molar-refractivity contribution in [2.24, 2.45) is 0 Å². The smallest absolute Gasteiger partial charge is 0.284 e. The van der Waals surface area contributed by atoms with E-state index in [1.54, 1.807) is 12.1 Å². The van der Waals surface area contributed by atoms with E-state index in [0.717, 1.165) is 12.8 Å². The second-order valence-electron chi connectivity index (χ2n) is 9.11. The van der Waals surface area contributed by atoms with E-state index in [4.69, 9.17) is 13.9 Å². The lowest BCUT2D eigenvalue weighted by Crippen LogP contribution is -2.59. The van der Waals surface area contributed by atoms with E-state index >= 15 is 0 Å². The summed E-state index contributed by atoms with van der Waals surface area (Å²) >= 11 is 0. The van der Waals surface area contributed by atoms with E-state index in [2.05, 4.69) is 12.2 Å². The molecular weight excluding hydrogens is 442 g/mol. The molecule has 0 unspecified atom stereocenters. The number of hydrogen-bond acceptors (Lipinski definition) is 8. The molecule has 0 saturated carbocycles. The van der Waals surface area contributed by atoms with Crippen LogP contribution in [0.2, 0.25) is 0 Å². The standard InChI is InChI=1S/C25H43NO8/c1-2-3-4-5-6-7-8-9-10-11-12-21(28)26-15-18-13-14-22(33-18)32-17-20-24(30)25(31)23(29)19(16-27)34-20/h13-14,19-20,23-25,27,29-31H,2-12,15-17H2,1H3,(H,26,28)/t19-,20-,23-,24+,25+/m1/s1. The first-order chi connectivity index (χ1) is 16.5. The second kappa shape index (κ2) is 16.1. The molecule has 0 bridgehead atoms. The number of ether oxygens (including phenoxy) is 2. The summed E-state index contributed by atoms with van der Waals surface area (Å²) in [4.78, 5) is 12.1. The van der Waals surface area contributed by atoms with Crippen LogP contribution in [0, 0.1) is 0 Å². The largest absolute Gasteiger partial charge is 0.462 e. The Balaban J connectivity index is 1.56. The Morgan fingerprint density at radius 3 is 2.18 bits per heavy atom. The lowest BCUT2D eigenvalue weighted by Gasteiger charge is -2.39. The number of carbonyl (C=O) groups excluding carboxylic acids is 1. The van der Waals surface area contributed by atoms with Gasteiger partial charge in [0.25, 0.3) is 5.95 Å². The third-order valence-corrected chi connectivity index (χ3v) is 6.24. The van der Waals surface area contributed by atoms with E-state index in [1.165, 1.54) is 51.4 Å². The maximum Gasteiger partial charge on any atom is 0.284 e. The summed E-state index contributed by atoms with van der Waals surface area (Å²) < 4.78 is 16.4. The van der Waals surface area contributed by atoms with Crippen LogP contribution in [0.25, 0.3) is 0 Å². The van der Waals surface area contributed by atoms with Crippen molar-refractivity contribution < 1.29 is 39.1 Å². The zero-order valence-electron chi connectivity index (χ0n) is 20.4. The van der Waals surface area contributed by atoms with Gasteiger partial charge < -0.3 is 39.6 Å². The molecule has 9 nitrogen and oxygen atoms in total. The van der Waals surface area contributed by atoms with Gasteiger partial charge in [-0.25, -0.2) is 0 Å². The Labute approximate surface area is 202 Å². The van der Waals surface area contributed by atoms with Crippen molar-refractivity contribution >= 4 is 5.91 Å². The van der Waals surface area contributed by atoms with E-state index in [1.807, 2.05) is 0 Å². The molecule has 2 rings (SSSR count). The predicted molar refractivity (Wildman–Crippen MR) is 126 cm³/mol. The molecule has 196 valence electrons. The number of nitrogens with one attached hydrogen (secondary N) is 1. The van der Waals surface area contributed by atoms with E-state index < -0.39 is 37.1 Å². The quantitative estimate of drug-likeness (QED) is 0.212. The molecule has 1 aliphatic rings. The van der Waals surface area contributed by atoms with Gasteiger partial charge in [-0.15, -0.1) is 0 Å². The Morgan fingerprint density at radius 1 is 0.912 bits per heavy atom. The molecule has 1 saturated heterocycles. The molecule has 5 atom stereocenters. The Hall–Kier alpha value is -1.65. The maximum atomic E-state index is 12.1. The van der Waals surface area contributed by atoms with Gasteiger partial charge in [0.15, 0.2) is 0 Å². The van der Waals surface area contributed by atoms with Crippen molar-refractivity contribution in [3.63, 3.8) is 0 Å². The molecule has 34 heavy (non-hydrogen) atoms. The average molecular weight is 486 g/mol. The van der Waals surface area contributed by atoms with Crippen LogP contribution in [0.3, 0.4) is 0 Å². The second-order valence-corrected chi connectivity index (χ2v) is 9.11. The lowest BCUT2D eigenvalue weighted by atomic mass is 9.95. The number of carbonyl (C=O) groups is 1. The molecule has 1 aromatic rings. The van der Waals surface area contributed by atoms with Crippen molar-refractivity contribution in [3.05, 3.63) is 17.9 Å². The minimum absolute atomic E-state index is 0.0141. The number of aliphatic hydroxyl groups is 4. The normalized spacial score (nSPS) is 24.8. The average Bonchev–Trinajstić information content (AvgIpc) is 3.30. The number of hydrogen-bond donors (Lipinski definition) is 5. The highest BCUT2D eigenvalue weighted by Crippen LogP contribution is 2.23. The molecule has 0 aromatic carbocycles. The fraction of sp³-hybridized carbons (Fsp3) is 0.800. The molecule has 1 aromatic heterocycles. The van der Waals surface area contributed by atoms with Crippen molar-refractivity contribution in [2.45, 2.75) is 115 Å². The maximum absolute atomic E-state index is 12.1. The summed E-state index contributed by atoms with van der Waals surface area (Å²) in [5.41, 5.74) is 0. The van der Waals surface area contributed by atoms with Crippen LogP contribution in [0.5, 0.6) is 5.95 Å². The van der Waals surface area contributed by atoms with Gasteiger partial charge in [-0.3, -0.25) is 4.79 Å². The molecule has 0 radical (unpaired) electrons. The summed E-state index contributed by atoms with van der Waals surface area (Å²) in [6.07, 6.45) is 6.63. The van der Waals surface area contributed by atoms with Crippen LogP contribution in [0.15, 0.2) is 16.5 Å². The van der Waals surface area contributed by atoms with Crippen molar-refractivity contribution in [3.8, 4) is 5.95 Å². The number of aliphatic hydroxyl groups excluding tert-OH is 4. The molecule has 9 heteroatoms. The topological polar surface area (TPSA) is 142 Å². The molecule has 0 spiro atoms. The van der Waals surface area contributed by atoms with Crippen molar-refractivity contribution in [1.82, 2.24) is 5.32 Å². The Bertz CT molecular complexity index is 680. The van der Waals surface area contributed by atoms with Crippen LogP contribution in [0.1, 0.15) is 83.3 Å². The first-order valence-electron chi connectivity index (χ1n) is 12.7. The van der Waals surface area contributed by atoms with Gasteiger partial charge >= 0.3 is 0 Å². The molecular formula is C25H43NO8. The highest BCUT2D eigenvalue weighted by Gasteiger charge is 2.43. The summed E-state index contributed by atoms with van der Waals surface area (Å²) in [5, 5.41) is 41.8. The number of furan rings is 1. The third kappa shape index (κ3) is 9.92. The Morgan fingerprint density at radius 2 is 1.53 bits per heavy atom. The molecule has 1 amide bonds. The van der Waals surface area contributed by atoms with Crippen LogP contribution in [-0.4, -0.2) is 70.1 Å². The molecule has 5 N–H and O–H groups in total. The van der Waals surface area contributed by atoms with E-state index in [0.29, 0.717) is 12.2 Å². The third-order valence-electron chi connectivity index (χ3n) is 6.24. The van der Waals surface area contributed by atoms with Crippen LogP contribution >= 0.6 is 0 Å². The summed E-state index contributed by atoms with van der Waals surface area (Å²) in [6.45, 7) is 1.85. The van der Waals surface area contributed by atoms with Gasteiger partial charge in [0.2, 0.25) is 5.91 Å². The first kappa shape index (κ1) is 28.6. The zero-order chi connectivity index (χ0) is 24.8. The minimum Gasteiger partial charge on any atom is -0.462 e. The van der Waals surface area contributed by atoms with E-state index in [9.17, 15) is 25.2 Å². The first-order valence-corrected chi connectivity index (χ1v) is 12.7. The van der Waals surface area contributed by atoms with Gasteiger partial charge in [0, 0.05) is 12.5 Å². The molecule has 1 aliphatic heterocycles. The predicted octanol–water partition coefficient (Wildman–Crippen LogP) is 2.43. The summed E-state index contributed by atoms with van der Waals surface area (Å²) in [5.74, 6) is 0.691.